The molecular formula is C18H12ClF2N3OS. The molecule has 0 fully saturated rings. The molecule has 0 atom stereocenters. The van der Waals surface area contributed by atoms with Crippen molar-refractivity contribution in [2.75, 3.05) is 5.32 Å². The van der Waals surface area contributed by atoms with Crippen LogP contribution in [0.4, 0.5) is 14.6 Å². The molecule has 132 valence electrons. The van der Waals surface area contributed by atoms with Gasteiger partial charge in [0.15, 0.2) is 0 Å². The molecular weight excluding hydrogens is 380 g/mol. The van der Waals surface area contributed by atoms with Gasteiger partial charge in [-0.2, -0.15) is 16.9 Å². The molecule has 3 aromatic rings. The summed E-state index contributed by atoms with van der Waals surface area (Å²) in [6, 6.07) is 9.45. The van der Waals surface area contributed by atoms with E-state index in [1.807, 2.05) is 0 Å². The molecule has 4 rings (SSSR count). The molecule has 0 saturated heterocycles. The molecule has 1 N–H and O–H groups in total. The van der Waals surface area contributed by atoms with E-state index in [0.29, 0.717) is 17.3 Å². The molecule has 0 bridgehead atoms. The first kappa shape index (κ1) is 17.1. The van der Waals surface area contributed by atoms with E-state index in [2.05, 4.69) is 10.4 Å². The molecule has 1 amide bonds. The van der Waals surface area contributed by atoms with Crippen molar-refractivity contribution < 1.29 is 13.6 Å². The Morgan fingerprint density at radius 2 is 1.85 bits per heavy atom. The van der Waals surface area contributed by atoms with Crippen molar-refractivity contribution in [3.05, 3.63) is 75.9 Å². The Hall–Kier alpha value is -2.38. The molecule has 2 heterocycles. The highest BCUT2D eigenvalue weighted by atomic mass is 35.5. The number of hydrogen-bond acceptors (Lipinski definition) is 3. The normalized spacial score (nSPS) is 12.9. The molecule has 1 aliphatic heterocycles. The predicted molar refractivity (Wildman–Crippen MR) is 97.9 cm³/mol. The highest BCUT2D eigenvalue weighted by molar-refractivity contribution is 7.98. The fourth-order valence-electron chi connectivity index (χ4n) is 2.76. The second-order valence-electron chi connectivity index (χ2n) is 5.73. The van der Waals surface area contributed by atoms with Crippen LogP contribution in [0.1, 0.15) is 21.6 Å². The number of hydrogen-bond donors (Lipinski definition) is 1. The molecule has 0 aliphatic carbocycles. The number of aromatic nitrogens is 2. The molecule has 1 aliphatic rings. The topological polar surface area (TPSA) is 46.9 Å². The van der Waals surface area contributed by atoms with Gasteiger partial charge in [0.25, 0.3) is 5.91 Å². The SMILES string of the molecule is O=C(Nc1c2c(nn1-c1ccc(F)cc1)CSC2)c1ccc(F)cc1Cl. The lowest BCUT2D eigenvalue weighted by molar-refractivity contribution is 0.102. The summed E-state index contributed by atoms with van der Waals surface area (Å²) >= 11 is 7.68. The third-order valence-electron chi connectivity index (χ3n) is 4.03. The largest absolute Gasteiger partial charge is 0.306 e. The molecule has 0 radical (unpaired) electrons. The second kappa shape index (κ2) is 6.74. The van der Waals surface area contributed by atoms with E-state index in [0.717, 1.165) is 23.1 Å². The maximum Gasteiger partial charge on any atom is 0.258 e. The molecule has 26 heavy (non-hydrogen) atoms. The van der Waals surface area contributed by atoms with Crippen LogP contribution >= 0.6 is 23.4 Å². The van der Waals surface area contributed by atoms with E-state index >= 15 is 0 Å². The van der Waals surface area contributed by atoms with Gasteiger partial charge in [-0.1, -0.05) is 11.6 Å². The van der Waals surface area contributed by atoms with Crippen molar-refractivity contribution in [3.63, 3.8) is 0 Å². The quantitative estimate of drug-likeness (QED) is 0.697. The maximum absolute atomic E-state index is 13.2. The summed E-state index contributed by atoms with van der Waals surface area (Å²) in [5, 5.41) is 7.40. The van der Waals surface area contributed by atoms with Gasteiger partial charge in [-0.05, 0) is 42.5 Å². The second-order valence-corrected chi connectivity index (χ2v) is 7.13. The van der Waals surface area contributed by atoms with Crippen molar-refractivity contribution in [1.29, 1.82) is 0 Å². The molecule has 0 unspecified atom stereocenters. The third kappa shape index (κ3) is 3.08. The number of nitrogens with one attached hydrogen (secondary N) is 1. The minimum Gasteiger partial charge on any atom is -0.306 e. The Labute approximate surface area is 157 Å². The number of carbonyl (C=O) groups is 1. The van der Waals surface area contributed by atoms with E-state index in [1.165, 1.54) is 24.3 Å². The molecule has 4 nitrogen and oxygen atoms in total. The number of anilines is 1. The van der Waals surface area contributed by atoms with Gasteiger partial charge in [0, 0.05) is 17.1 Å². The Morgan fingerprint density at radius 1 is 1.12 bits per heavy atom. The maximum atomic E-state index is 13.2. The first-order valence-corrected chi connectivity index (χ1v) is 9.27. The Morgan fingerprint density at radius 3 is 2.58 bits per heavy atom. The summed E-state index contributed by atoms with van der Waals surface area (Å²) in [4.78, 5) is 12.7. The van der Waals surface area contributed by atoms with E-state index < -0.39 is 11.7 Å². The van der Waals surface area contributed by atoms with Crippen LogP contribution in [-0.4, -0.2) is 15.7 Å². The standard InChI is InChI=1S/C18H12ClF2N3OS/c19-15-7-11(21)3-6-13(15)18(25)22-17-14-8-26-9-16(14)23-24(17)12-4-1-10(20)2-5-12/h1-7H,8-9H2,(H,22,25). The summed E-state index contributed by atoms with van der Waals surface area (Å²) in [6.45, 7) is 0. The summed E-state index contributed by atoms with van der Waals surface area (Å²) < 4.78 is 28.0. The lowest BCUT2D eigenvalue weighted by atomic mass is 10.2. The van der Waals surface area contributed by atoms with Crippen LogP contribution < -0.4 is 5.32 Å². The van der Waals surface area contributed by atoms with Gasteiger partial charge < -0.3 is 5.32 Å². The molecule has 1 aromatic heterocycles. The number of benzene rings is 2. The summed E-state index contributed by atoms with van der Waals surface area (Å²) in [5.74, 6) is 0.639. The van der Waals surface area contributed by atoms with Crippen LogP contribution in [0.2, 0.25) is 5.02 Å². The predicted octanol–water partition coefficient (Wildman–Crippen LogP) is 4.80. The van der Waals surface area contributed by atoms with Gasteiger partial charge in [0.1, 0.15) is 17.5 Å². The number of fused-ring (bicyclic) bond motifs is 1. The zero-order chi connectivity index (χ0) is 18.3. The van der Waals surface area contributed by atoms with Crippen LogP contribution in [0, 0.1) is 11.6 Å². The molecule has 0 spiro atoms. The first-order valence-electron chi connectivity index (χ1n) is 7.74. The van der Waals surface area contributed by atoms with Crippen molar-refractivity contribution in [1.82, 2.24) is 9.78 Å². The number of rotatable bonds is 3. The number of halogens is 3. The van der Waals surface area contributed by atoms with Crippen LogP contribution in [0.5, 0.6) is 0 Å². The Bertz CT molecular complexity index is 1000. The highest BCUT2D eigenvalue weighted by Crippen LogP contribution is 2.36. The highest BCUT2D eigenvalue weighted by Gasteiger charge is 2.25. The zero-order valence-electron chi connectivity index (χ0n) is 13.3. The minimum atomic E-state index is -0.514. The smallest absolute Gasteiger partial charge is 0.258 e. The minimum absolute atomic E-state index is 0.0290. The summed E-state index contributed by atoms with van der Waals surface area (Å²) in [7, 11) is 0. The number of nitrogens with zero attached hydrogens (tertiary/aromatic N) is 2. The van der Waals surface area contributed by atoms with Crippen molar-refractivity contribution in [2.45, 2.75) is 11.5 Å². The summed E-state index contributed by atoms with van der Waals surface area (Å²) in [5.41, 5.74) is 2.59. The van der Waals surface area contributed by atoms with Gasteiger partial charge >= 0.3 is 0 Å². The number of thioether (sulfide) groups is 1. The van der Waals surface area contributed by atoms with Crippen LogP contribution in [0.25, 0.3) is 5.69 Å². The third-order valence-corrected chi connectivity index (χ3v) is 5.31. The lowest BCUT2D eigenvalue weighted by Gasteiger charge is -2.12. The first-order chi connectivity index (χ1) is 12.5. The fourth-order valence-corrected chi connectivity index (χ4v) is 4.05. The fraction of sp³-hybridized carbons (Fsp3) is 0.111. The van der Waals surface area contributed by atoms with E-state index in [4.69, 9.17) is 11.6 Å². The van der Waals surface area contributed by atoms with Gasteiger partial charge in [-0.3, -0.25) is 4.79 Å². The van der Waals surface area contributed by atoms with Gasteiger partial charge in [0.2, 0.25) is 0 Å². The van der Waals surface area contributed by atoms with Crippen LogP contribution in [-0.2, 0) is 11.5 Å². The molecule has 2 aromatic carbocycles. The average Bonchev–Trinajstić information content (AvgIpc) is 3.18. The zero-order valence-corrected chi connectivity index (χ0v) is 14.9. The van der Waals surface area contributed by atoms with Crippen LogP contribution in [0.15, 0.2) is 42.5 Å². The monoisotopic (exact) mass is 391 g/mol. The van der Waals surface area contributed by atoms with Crippen LogP contribution in [0.3, 0.4) is 0 Å². The Balaban J connectivity index is 1.73. The van der Waals surface area contributed by atoms with E-state index in [9.17, 15) is 13.6 Å². The lowest BCUT2D eigenvalue weighted by Crippen LogP contribution is -2.16. The van der Waals surface area contributed by atoms with Gasteiger partial charge in [0.05, 0.1) is 22.0 Å². The van der Waals surface area contributed by atoms with Crippen molar-refractivity contribution in [2.24, 2.45) is 0 Å². The Kier molecular flexibility index (Phi) is 4.42. The van der Waals surface area contributed by atoms with Crippen molar-refractivity contribution >= 4 is 35.1 Å². The van der Waals surface area contributed by atoms with Crippen molar-refractivity contribution in [3.8, 4) is 5.69 Å². The number of carbonyl (C=O) groups excluding carboxylic acids is 1. The van der Waals surface area contributed by atoms with E-state index in [-0.39, 0.29) is 16.4 Å². The summed E-state index contributed by atoms with van der Waals surface area (Å²) in [6.07, 6.45) is 0. The molecule has 8 heteroatoms. The van der Waals surface area contributed by atoms with E-state index in [1.54, 1.807) is 28.6 Å². The van der Waals surface area contributed by atoms with Gasteiger partial charge in [-0.25, -0.2) is 13.5 Å². The average molecular weight is 392 g/mol. The molecule has 0 saturated carbocycles. The van der Waals surface area contributed by atoms with Gasteiger partial charge in [-0.15, -0.1) is 0 Å². The number of amides is 1.